The summed E-state index contributed by atoms with van der Waals surface area (Å²) >= 11 is 1.66. The molecule has 1 aromatic rings. The maximum absolute atomic E-state index is 11.7. The number of hydrogen-bond donors (Lipinski definition) is 1. The molecule has 1 atom stereocenters. The third-order valence-corrected chi connectivity index (χ3v) is 4.20. The molecule has 0 bridgehead atoms. The van der Waals surface area contributed by atoms with Crippen molar-refractivity contribution in [3.63, 3.8) is 0 Å². The zero-order valence-electron chi connectivity index (χ0n) is 14.2. The highest BCUT2D eigenvalue weighted by Crippen LogP contribution is 2.05. The number of nitrogens with zero attached hydrogens (tertiary/aromatic N) is 4. The fourth-order valence-electron chi connectivity index (χ4n) is 1.63. The summed E-state index contributed by atoms with van der Waals surface area (Å²) in [6.07, 6.45) is 3.69. The number of likely N-dealkylation sites (N-methyl/N-ethyl adjacent to an activating group) is 2. The summed E-state index contributed by atoms with van der Waals surface area (Å²) in [5.41, 5.74) is 0. The van der Waals surface area contributed by atoms with Gasteiger partial charge in [0.05, 0.1) is 5.01 Å². The minimum absolute atomic E-state index is 0.00299. The van der Waals surface area contributed by atoms with Crippen LogP contribution in [0, 0.1) is 0 Å². The average Bonchev–Trinajstić information content (AvgIpc) is 3.01. The van der Waals surface area contributed by atoms with Gasteiger partial charge in [-0.3, -0.25) is 4.79 Å². The molecule has 0 saturated carbocycles. The SMILES string of the molecule is CCC(C)NC(=NCC(=O)N(C)C)N(C)CCc1nccs1. The molecule has 1 N–H and O–H groups in total. The van der Waals surface area contributed by atoms with Crippen LogP contribution in [-0.2, 0) is 11.2 Å². The van der Waals surface area contributed by atoms with Gasteiger partial charge in [0.25, 0.3) is 0 Å². The molecule has 1 heterocycles. The van der Waals surface area contributed by atoms with Gasteiger partial charge in [-0.1, -0.05) is 6.92 Å². The predicted octanol–water partition coefficient (Wildman–Crippen LogP) is 1.45. The number of guanidine groups is 1. The van der Waals surface area contributed by atoms with Crippen molar-refractivity contribution in [2.24, 2.45) is 4.99 Å². The van der Waals surface area contributed by atoms with E-state index in [0.717, 1.165) is 30.4 Å². The highest BCUT2D eigenvalue weighted by atomic mass is 32.1. The Morgan fingerprint density at radius 2 is 2.18 bits per heavy atom. The summed E-state index contributed by atoms with van der Waals surface area (Å²) in [4.78, 5) is 24.1. The van der Waals surface area contributed by atoms with Crippen LogP contribution in [0.4, 0.5) is 0 Å². The van der Waals surface area contributed by atoms with Crippen molar-refractivity contribution < 1.29 is 4.79 Å². The molecule has 0 aliphatic heterocycles. The normalized spacial score (nSPS) is 12.9. The Labute approximate surface area is 137 Å². The van der Waals surface area contributed by atoms with Gasteiger partial charge in [0.1, 0.15) is 6.54 Å². The van der Waals surface area contributed by atoms with Gasteiger partial charge in [0.15, 0.2) is 5.96 Å². The van der Waals surface area contributed by atoms with E-state index in [1.165, 1.54) is 0 Å². The molecule has 0 fully saturated rings. The first kappa shape index (κ1) is 18.4. The molecular formula is C15H27N5OS. The summed E-state index contributed by atoms with van der Waals surface area (Å²) in [7, 11) is 5.47. The molecule has 1 aromatic heterocycles. The van der Waals surface area contributed by atoms with Crippen molar-refractivity contribution in [2.75, 3.05) is 34.2 Å². The van der Waals surface area contributed by atoms with Gasteiger partial charge < -0.3 is 15.1 Å². The number of nitrogens with one attached hydrogen (secondary N) is 1. The van der Waals surface area contributed by atoms with E-state index in [4.69, 9.17) is 0 Å². The van der Waals surface area contributed by atoms with E-state index in [2.05, 4.69) is 34.0 Å². The highest BCUT2D eigenvalue weighted by Gasteiger charge is 2.11. The van der Waals surface area contributed by atoms with Gasteiger partial charge in [-0.2, -0.15) is 0 Å². The number of carbonyl (C=O) groups is 1. The number of carbonyl (C=O) groups excluding carboxylic acids is 1. The summed E-state index contributed by atoms with van der Waals surface area (Å²) in [5, 5.41) is 6.47. The quantitative estimate of drug-likeness (QED) is 0.609. The molecule has 0 aliphatic carbocycles. The molecule has 0 aromatic carbocycles. The fourth-order valence-corrected chi connectivity index (χ4v) is 2.24. The van der Waals surface area contributed by atoms with Crippen molar-refractivity contribution in [3.05, 3.63) is 16.6 Å². The molecular weight excluding hydrogens is 298 g/mol. The van der Waals surface area contributed by atoms with Crippen LogP contribution in [0.5, 0.6) is 0 Å². The van der Waals surface area contributed by atoms with Crippen molar-refractivity contribution in [2.45, 2.75) is 32.7 Å². The first-order valence-electron chi connectivity index (χ1n) is 7.54. The number of aromatic nitrogens is 1. The van der Waals surface area contributed by atoms with E-state index < -0.39 is 0 Å². The third-order valence-electron chi connectivity index (χ3n) is 3.36. The lowest BCUT2D eigenvalue weighted by atomic mass is 10.3. The number of rotatable bonds is 7. The van der Waals surface area contributed by atoms with Crippen LogP contribution < -0.4 is 5.32 Å². The second-order valence-corrected chi connectivity index (χ2v) is 6.46. The summed E-state index contributed by atoms with van der Waals surface area (Å²) in [5.74, 6) is 0.762. The van der Waals surface area contributed by atoms with Gasteiger partial charge in [0, 0.05) is 51.7 Å². The predicted molar refractivity (Wildman–Crippen MR) is 92.3 cm³/mol. The van der Waals surface area contributed by atoms with E-state index in [-0.39, 0.29) is 12.5 Å². The van der Waals surface area contributed by atoms with Gasteiger partial charge in [-0.25, -0.2) is 9.98 Å². The number of aliphatic imine (C=N–C) groups is 1. The van der Waals surface area contributed by atoms with Crippen molar-refractivity contribution >= 4 is 23.2 Å². The van der Waals surface area contributed by atoms with Crippen LogP contribution >= 0.6 is 11.3 Å². The van der Waals surface area contributed by atoms with E-state index >= 15 is 0 Å². The second kappa shape index (κ2) is 9.40. The van der Waals surface area contributed by atoms with Crippen LogP contribution in [0.3, 0.4) is 0 Å². The summed E-state index contributed by atoms with van der Waals surface area (Å²) in [6, 6.07) is 0.315. The lowest BCUT2D eigenvalue weighted by Crippen LogP contribution is -2.44. The van der Waals surface area contributed by atoms with Crippen LogP contribution in [0.2, 0.25) is 0 Å². The molecule has 0 spiro atoms. The smallest absolute Gasteiger partial charge is 0.243 e. The molecule has 124 valence electrons. The van der Waals surface area contributed by atoms with E-state index in [1.54, 1.807) is 30.3 Å². The molecule has 0 radical (unpaired) electrons. The van der Waals surface area contributed by atoms with E-state index in [9.17, 15) is 4.79 Å². The molecule has 6 nitrogen and oxygen atoms in total. The number of amides is 1. The second-order valence-electron chi connectivity index (χ2n) is 5.48. The van der Waals surface area contributed by atoms with Gasteiger partial charge in [0.2, 0.25) is 5.91 Å². The molecule has 1 rings (SSSR count). The Hall–Kier alpha value is -1.63. The van der Waals surface area contributed by atoms with E-state index in [0.29, 0.717) is 6.04 Å². The Kier molecular flexibility index (Phi) is 7.87. The largest absolute Gasteiger partial charge is 0.354 e. The monoisotopic (exact) mass is 325 g/mol. The lowest BCUT2D eigenvalue weighted by molar-refractivity contribution is -0.127. The summed E-state index contributed by atoms with van der Waals surface area (Å²) < 4.78 is 0. The van der Waals surface area contributed by atoms with Crippen LogP contribution in [0.25, 0.3) is 0 Å². The average molecular weight is 325 g/mol. The lowest BCUT2D eigenvalue weighted by Gasteiger charge is -2.25. The molecule has 7 heteroatoms. The van der Waals surface area contributed by atoms with Gasteiger partial charge >= 0.3 is 0 Å². The van der Waals surface area contributed by atoms with E-state index in [1.807, 2.05) is 18.6 Å². The van der Waals surface area contributed by atoms with Crippen LogP contribution in [0.15, 0.2) is 16.6 Å². The Bertz CT molecular complexity index is 472. The van der Waals surface area contributed by atoms with Crippen molar-refractivity contribution in [1.29, 1.82) is 0 Å². The van der Waals surface area contributed by atoms with Crippen LogP contribution in [-0.4, -0.2) is 66.9 Å². The Morgan fingerprint density at radius 1 is 1.45 bits per heavy atom. The molecule has 0 aliphatic rings. The first-order chi connectivity index (χ1) is 10.4. The van der Waals surface area contributed by atoms with Crippen LogP contribution in [0.1, 0.15) is 25.3 Å². The minimum atomic E-state index is -0.00299. The van der Waals surface area contributed by atoms with Crippen molar-refractivity contribution in [1.82, 2.24) is 20.1 Å². The number of thiazole rings is 1. The molecule has 1 unspecified atom stereocenters. The molecule has 1 amide bonds. The Morgan fingerprint density at radius 3 is 2.73 bits per heavy atom. The molecule has 22 heavy (non-hydrogen) atoms. The highest BCUT2D eigenvalue weighted by molar-refractivity contribution is 7.09. The molecule has 0 saturated heterocycles. The topological polar surface area (TPSA) is 60.8 Å². The van der Waals surface area contributed by atoms with Gasteiger partial charge in [-0.15, -0.1) is 11.3 Å². The number of hydrogen-bond acceptors (Lipinski definition) is 4. The third kappa shape index (κ3) is 6.43. The Balaban J connectivity index is 2.66. The van der Waals surface area contributed by atoms with Crippen molar-refractivity contribution in [3.8, 4) is 0 Å². The standard InChI is InChI=1S/C15H27N5OS/c1-6-12(2)18-15(17-11-14(21)19(3)4)20(5)9-7-13-16-8-10-22-13/h8,10,12H,6-7,9,11H2,1-5H3,(H,17,18). The first-order valence-corrected chi connectivity index (χ1v) is 8.42. The van der Waals surface area contributed by atoms with Gasteiger partial charge in [-0.05, 0) is 13.3 Å². The fraction of sp³-hybridized carbons (Fsp3) is 0.667. The zero-order chi connectivity index (χ0) is 16.5. The maximum Gasteiger partial charge on any atom is 0.243 e. The maximum atomic E-state index is 11.7. The zero-order valence-corrected chi connectivity index (χ0v) is 15.0. The summed E-state index contributed by atoms with van der Waals surface area (Å²) in [6.45, 7) is 5.20. The minimum Gasteiger partial charge on any atom is -0.354 e.